The summed E-state index contributed by atoms with van der Waals surface area (Å²) in [4.78, 5) is 11.0. The van der Waals surface area contributed by atoms with Crippen LogP contribution in [0, 0.1) is 0 Å². The molecule has 3 N–H and O–H groups in total. The van der Waals surface area contributed by atoms with Gasteiger partial charge in [-0.1, -0.05) is 0 Å². The van der Waals surface area contributed by atoms with Crippen LogP contribution in [0.3, 0.4) is 0 Å². The van der Waals surface area contributed by atoms with Crippen molar-refractivity contribution in [1.82, 2.24) is 10.6 Å². The van der Waals surface area contributed by atoms with Crippen molar-refractivity contribution in [1.29, 1.82) is 0 Å². The molecule has 0 aliphatic heterocycles. The molecule has 0 atom stereocenters. The van der Waals surface area contributed by atoms with Gasteiger partial charge in [-0.15, -0.1) is 0 Å². The van der Waals surface area contributed by atoms with Crippen LogP contribution in [0.4, 0.5) is 13.2 Å². The first kappa shape index (κ1) is 13.2. The van der Waals surface area contributed by atoms with Gasteiger partial charge in [0.1, 0.15) is 6.54 Å². The predicted molar refractivity (Wildman–Crippen MR) is 50.7 cm³/mol. The Morgan fingerprint density at radius 3 is 2.38 bits per heavy atom. The zero-order valence-corrected chi connectivity index (χ0v) is 8.73. The number of amides is 1. The highest BCUT2D eigenvalue weighted by molar-refractivity contribution is 5.78. The molecular weight excluding hydrogens is 225 g/mol. The average Bonchev–Trinajstić information content (AvgIpc) is 2.13. The van der Waals surface area contributed by atoms with Crippen molar-refractivity contribution in [3.05, 3.63) is 0 Å². The van der Waals surface area contributed by atoms with Gasteiger partial charge in [-0.2, -0.15) is 13.2 Å². The van der Waals surface area contributed by atoms with Crippen LogP contribution >= 0.6 is 0 Å². The van der Waals surface area contributed by atoms with Gasteiger partial charge in [0.2, 0.25) is 5.91 Å². The lowest BCUT2D eigenvalue weighted by Gasteiger charge is -2.41. The Bertz CT molecular complexity index is 246. The maximum absolute atomic E-state index is 11.8. The third kappa shape index (κ3) is 3.97. The highest BCUT2D eigenvalue weighted by Crippen LogP contribution is 2.30. The molecule has 1 saturated carbocycles. The minimum atomic E-state index is -4.39. The van der Waals surface area contributed by atoms with Crippen molar-refractivity contribution in [2.24, 2.45) is 0 Å². The minimum Gasteiger partial charge on any atom is -0.394 e. The summed E-state index contributed by atoms with van der Waals surface area (Å²) >= 11 is 0. The van der Waals surface area contributed by atoms with Crippen LogP contribution in [-0.4, -0.2) is 42.4 Å². The fraction of sp³-hybridized carbons (Fsp3) is 0.889. The lowest BCUT2D eigenvalue weighted by molar-refractivity contribution is -0.138. The van der Waals surface area contributed by atoms with E-state index < -0.39 is 24.2 Å². The first-order valence-corrected chi connectivity index (χ1v) is 5.06. The standard InChI is InChI=1S/C9H15F3N2O2/c10-9(11,12)5-13-7(16)4-14-8(6-15)2-1-3-8/h14-15H,1-6H2,(H,13,16). The van der Waals surface area contributed by atoms with Crippen LogP contribution in [0.1, 0.15) is 19.3 Å². The first-order valence-electron chi connectivity index (χ1n) is 5.06. The number of aliphatic hydroxyl groups excluding tert-OH is 1. The lowest BCUT2D eigenvalue weighted by atomic mass is 9.77. The van der Waals surface area contributed by atoms with Gasteiger partial charge in [-0.05, 0) is 19.3 Å². The predicted octanol–water partition coefficient (Wildman–Crippen LogP) is 0.169. The van der Waals surface area contributed by atoms with Gasteiger partial charge in [-0.25, -0.2) is 0 Å². The van der Waals surface area contributed by atoms with Crippen molar-refractivity contribution < 1.29 is 23.1 Å². The van der Waals surface area contributed by atoms with E-state index in [9.17, 15) is 18.0 Å². The molecule has 0 heterocycles. The second-order valence-corrected chi connectivity index (χ2v) is 4.04. The monoisotopic (exact) mass is 240 g/mol. The van der Waals surface area contributed by atoms with Gasteiger partial charge in [-0.3, -0.25) is 4.79 Å². The zero-order valence-electron chi connectivity index (χ0n) is 8.73. The topological polar surface area (TPSA) is 61.4 Å². The summed E-state index contributed by atoms with van der Waals surface area (Å²) in [7, 11) is 0. The van der Waals surface area contributed by atoms with Crippen LogP contribution in [0.25, 0.3) is 0 Å². The second kappa shape index (κ2) is 5.01. The summed E-state index contributed by atoms with van der Waals surface area (Å²) in [5, 5.41) is 13.6. The molecule has 94 valence electrons. The first-order chi connectivity index (χ1) is 7.37. The van der Waals surface area contributed by atoms with Gasteiger partial charge < -0.3 is 15.7 Å². The third-order valence-electron chi connectivity index (χ3n) is 2.72. The van der Waals surface area contributed by atoms with E-state index in [0.717, 1.165) is 19.3 Å². The summed E-state index contributed by atoms with van der Waals surface area (Å²) in [6.07, 6.45) is -1.94. The number of nitrogens with one attached hydrogen (secondary N) is 2. The number of rotatable bonds is 5. The molecule has 1 aliphatic rings. The Kier molecular flexibility index (Phi) is 4.15. The summed E-state index contributed by atoms with van der Waals surface area (Å²) in [6.45, 7) is -1.62. The molecule has 1 fully saturated rings. The van der Waals surface area contributed by atoms with Gasteiger partial charge >= 0.3 is 6.18 Å². The van der Waals surface area contributed by atoms with Crippen molar-refractivity contribution in [2.75, 3.05) is 19.7 Å². The molecule has 0 aromatic heterocycles. The lowest BCUT2D eigenvalue weighted by Crippen LogP contribution is -2.56. The molecule has 0 aromatic rings. The molecule has 1 aliphatic carbocycles. The second-order valence-electron chi connectivity index (χ2n) is 4.04. The number of carbonyl (C=O) groups excluding carboxylic acids is 1. The average molecular weight is 240 g/mol. The third-order valence-corrected chi connectivity index (χ3v) is 2.72. The van der Waals surface area contributed by atoms with E-state index in [-0.39, 0.29) is 13.2 Å². The number of hydrogen-bond acceptors (Lipinski definition) is 3. The van der Waals surface area contributed by atoms with Crippen LogP contribution in [0.15, 0.2) is 0 Å². The normalized spacial score (nSPS) is 19.0. The fourth-order valence-electron chi connectivity index (χ4n) is 1.52. The quantitative estimate of drug-likeness (QED) is 0.642. The van der Waals surface area contributed by atoms with Gasteiger partial charge in [0.05, 0.1) is 13.2 Å². The van der Waals surface area contributed by atoms with Crippen molar-refractivity contribution in [3.8, 4) is 0 Å². The van der Waals surface area contributed by atoms with E-state index >= 15 is 0 Å². The van der Waals surface area contributed by atoms with E-state index in [1.165, 1.54) is 0 Å². The van der Waals surface area contributed by atoms with Gasteiger partial charge in [0, 0.05) is 5.54 Å². The van der Waals surface area contributed by atoms with Gasteiger partial charge in [0.25, 0.3) is 0 Å². The Morgan fingerprint density at radius 1 is 1.38 bits per heavy atom. The molecule has 1 amide bonds. The van der Waals surface area contributed by atoms with Crippen molar-refractivity contribution in [2.45, 2.75) is 31.0 Å². The smallest absolute Gasteiger partial charge is 0.394 e. The van der Waals surface area contributed by atoms with Crippen LogP contribution in [0.5, 0.6) is 0 Å². The van der Waals surface area contributed by atoms with E-state index in [1.54, 1.807) is 5.32 Å². The zero-order chi connectivity index (χ0) is 12.2. The highest BCUT2D eigenvalue weighted by Gasteiger charge is 2.36. The molecule has 0 aromatic carbocycles. The summed E-state index contributed by atoms with van der Waals surface area (Å²) in [5.41, 5.74) is -0.463. The molecule has 4 nitrogen and oxygen atoms in total. The molecule has 0 bridgehead atoms. The Hall–Kier alpha value is -0.820. The van der Waals surface area contributed by atoms with E-state index in [2.05, 4.69) is 5.32 Å². The Labute approximate surface area is 91.2 Å². The minimum absolute atomic E-state index is 0.0977. The molecule has 0 spiro atoms. The molecule has 16 heavy (non-hydrogen) atoms. The van der Waals surface area contributed by atoms with E-state index in [0.29, 0.717) is 0 Å². The SMILES string of the molecule is O=C(CNC1(CO)CCC1)NCC(F)(F)F. The van der Waals surface area contributed by atoms with Gasteiger partial charge in [0.15, 0.2) is 0 Å². The van der Waals surface area contributed by atoms with Crippen molar-refractivity contribution in [3.63, 3.8) is 0 Å². The largest absolute Gasteiger partial charge is 0.405 e. The van der Waals surface area contributed by atoms with Crippen molar-refractivity contribution >= 4 is 5.91 Å². The fourth-order valence-corrected chi connectivity index (χ4v) is 1.52. The molecule has 0 radical (unpaired) electrons. The van der Waals surface area contributed by atoms with Crippen LogP contribution in [0.2, 0.25) is 0 Å². The number of halogens is 3. The number of hydrogen-bond donors (Lipinski definition) is 3. The maximum atomic E-state index is 11.8. The molecular formula is C9H15F3N2O2. The molecule has 0 saturated heterocycles. The van der Waals surface area contributed by atoms with Crippen LogP contribution < -0.4 is 10.6 Å². The molecule has 1 rings (SSSR count). The Morgan fingerprint density at radius 2 is 2.00 bits per heavy atom. The number of carbonyl (C=O) groups is 1. The highest BCUT2D eigenvalue weighted by atomic mass is 19.4. The summed E-state index contributed by atoms with van der Waals surface area (Å²) in [5.74, 6) is -0.711. The van der Waals surface area contributed by atoms with E-state index in [1.807, 2.05) is 0 Å². The Balaban J connectivity index is 2.20. The summed E-state index contributed by atoms with van der Waals surface area (Å²) < 4.78 is 35.3. The molecule has 7 heteroatoms. The number of alkyl halides is 3. The van der Waals surface area contributed by atoms with E-state index in [4.69, 9.17) is 5.11 Å². The molecule has 0 unspecified atom stereocenters. The number of aliphatic hydroxyl groups is 1. The van der Waals surface area contributed by atoms with Crippen LogP contribution in [-0.2, 0) is 4.79 Å². The summed E-state index contributed by atoms with van der Waals surface area (Å²) in [6, 6.07) is 0. The maximum Gasteiger partial charge on any atom is 0.405 e.